The van der Waals surface area contributed by atoms with E-state index in [4.69, 9.17) is 9.73 Å². The number of rotatable bonds is 5. The van der Waals surface area contributed by atoms with E-state index in [1.165, 1.54) is 30.6 Å². The van der Waals surface area contributed by atoms with Crippen LogP contribution in [0.4, 0.5) is 0 Å². The molecular weight excluding hydrogens is 392 g/mol. The van der Waals surface area contributed by atoms with Crippen LogP contribution in [0.25, 0.3) is 0 Å². The number of ether oxygens (including phenoxy) is 1. The summed E-state index contributed by atoms with van der Waals surface area (Å²) in [6.45, 7) is 4.56. The zero-order valence-electron chi connectivity index (χ0n) is 18.4. The van der Waals surface area contributed by atoms with E-state index < -0.39 is 0 Å². The molecule has 0 aromatic heterocycles. The van der Waals surface area contributed by atoms with Crippen LogP contribution < -0.4 is 10.6 Å². The van der Waals surface area contributed by atoms with Crippen LogP contribution in [0, 0.1) is 35.0 Å². The molecule has 168 valence electrons. The van der Waals surface area contributed by atoms with Crippen molar-refractivity contribution in [1.82, 2.24) is 15.5 Å². The molecule has 7 heteroatoms. The van der Waals surface area contributed by atoms with Crippen molar-refractivity contribution in [3.63, 3.8) is 0 Å². The maximum Gasteiger partial charge on any atom is 0.233 e. The molecule has 1 spiro atoms. The zero-order chi connectivity index (χ0) is 21.2. The zero-order valence-corrected chi connectivity index (χ0v) is 18.4. The quantitative estimate of drug-likeness (QED) is 0.303. The lowest BCUT2D eigenvalue weighted by Gasteiger charge is -2.57. The molecule has 0 radical (unpaired) electrons. The Labute approximate surface area is 184 Å². The molecule has 7 atom stereocenters. The van der Waals surface area contributed by atoms with Gasteiger partial charge in [0.2, 0.25) is 11.8 Å². The first kappa shape index (κ1) is 19.8. The second kappa shape index (κ2) is 7.32. The second-order valence-corrected chi connectivity index (χ2v) is 10.4. The SMILES string of the molecule is CCNC(=NCCN1C(=O)C2C3C=CC(C3)C2C1=O)NC1C2CCOC2C12CCCC2. The molecule has 2 aliphatic heterocycles. The molecule has 2 N–H and O–H groups in total. The Hall–Kier alpha value is -1.89. The fourth-order valence-corrected chi connectivity index (χ4v) is 7.82. The standard InChI is InChI=1S/C24H34N4O3/c1-2-25-23(27-19-16-7-12-31-20(16)24(19)8-3-4-9-24)26-10-11-28-21(29)17-14-5-6-15(13-14)18(17)22(28)30/h5-6,14-20H,2-4,7-13H2,1H3,(H2,25,26,27). The number of nitrogens with zero attached hydrogens (tertiary/aromatic N) is 2. The normalized spacial score (nSPS) is 41.8. The molecule has 2 bridgehead atoms. The Bertz CT molecular complexity index is 803. The highest BCUT2D eigenvalue weighted by Gasteiger charge is 2.65. The van der Waals surface area contributed by atoms with Gasteiger partial charge in [0.15, 0.2) is 5.96 Å². The van der Waals surface area contributed by atoms with E-state index in [-0.39, 0.29) is 40.9 Å². The number of carbonyl (C=O) groups is 2. The molecule has 2 saturated heterocycles. The molecule has 7 nitrogen and oxygen atoms in total. The van der Waals surface area contributed by atoms with Crippen molar-refractivity contribution >= 4 is 17.8 Å². The molecular formula is C24H34N4O3. The lowest BCUT2D eigenvalue weighted by molar-refractivity contribution is -0.140. The predicted molar refractivity (Wildman–Crippen MR) is 116 cm³/mol. The molecule has 3 saturated carbocycles. The van der Waals surface area contributed by atoms with Gasteiger partial charge in [-0.1, -0.05) is 25.0 Å². The van der Waals surface area contributed by atoms with Crippen molar-refractivity contribution < 1.29 is 14.3 Å². The van der Waals surface area contributed by atoms with Crippen LogP contribution in [0.15, 0.2) is 17.1 Å². The molecule has 6 rings (SSSR count). The van der Waals surface area contributed by atoms with Gasteiger partial charge in [-0.2, -0.15) is 0 Å². The molecule has 2 heterocycles. The van der Waals surface area contributed by atoms with E-state index >= 15 is 0 Å². The van der Waals surface area contributed by atoms with Crippen molar-refractivity contribution in [1.29, 1.82) is 0 Å². The first-order chi connectivity index (χ1) is 15.1. The van der Waals surface area contributed by atoms with Gasteiger partial charge in [0.25, 0.3) is 0 Å². The summed E-state index contributed by atoms with van der Waals surface area (Å²) in [7, 11) is 0. The van der Waals surface area contributed by atoms with Gasteiger partial charge in [0.05, 0.1) is 24.5 Å². The van der Waals surface area contributed by atoms with Crippen LogP contribution in [0.1, 0.15) is 45.4 Å². The fraction of sp³-hybridized carbons (Fsp3) is 0.792. The summed E-state index contributed by atoms with van der Waals surface area (Å²) in [5, 5.41) is 7.11. The number of hydrogen-bond donors (Lipinski definition) is 2. The van der Waals surface area contributed by atoms with Crippen molar-refractivity contribution in [2.75, 3.05) is 26.2 Å². The van der Waals surface area contributed by atoms with Crippen molar-refractivity contribution in [2.45, 2.75) is 57.6 Å². The minimum atomic E-state index is -0.116. The van der Waals surface area contributed by atoms with Crippen molar-refractivity contribution in [3.05, 3.63) is 12.2 Å². The third kappa shape index (κ3) is 2.77. The molecule has 31 heavy (non-hydrogen) atoms. The number of carbonyl (C=O) groups excluding carboxylic acids is 2. The van der Waals surface area contributed by atoms with Gasteiger partial charge in [0, 0.05) is 37.1 Å². The average Bonchev–Trinajstić information content (AvgIpc) is 3.57. The van der Waals surface area contributed by atoms with E-state index in [9.17, 15) is 9.59 Å². The summed E-state index contributed by atoms with van der Waals surface area (Å²) in [5.74, 6) is 1.73. The Balaban J connectivity index is 1.12. The van der Waals surface area contributed by atoms with Crippen LogP contribution in [0.2, 0.25) is 0 Å². The molecule has 5 fully saturated rings. The summed E-state index contributed by atoms with van der Waals surface area (Å²) >= 11 is 0. The Morgan fingerprint density at radius 2 is 1.90 bits per heavy atom. The van der Waals surface area contributed by atoms with E-state index in [0.29, 0.717) is 31.2 Å². The van der Waals surface area contributed by atoms with Gasteiger partial charge in [-0.05, 0) is 44.4 Å². The minimum Gasteiger partial charge on any atom is -0.377 e. The van der Waals surface area contributed by atoms with Crippen LogP contribution in [-0.4, -0.2) is 61.1 Å². The minimum absolute atomic E-state index is 0.0230. The van der Waals surface area contributed by atoms with E-state index in [0.717, 1.165) is 32.0 Å². The topological polar surface area (TPSA) is 83.0 Å². The van der Waals surface area contributed by atoms with E-state index in [1.54, 1.807) is 0 Å². The predicted octanol–water partition coefficient (Wildman–Crippen LogP) is 1.70. The largest absolute Gasteiger partial charge is 0.377 e. The third-order valence-corrected chi connectivity index (χ3v) is 9.08. The molecule has 7 unspecified atom stereocenters. The fourth-order valence-electron chi connectivity index (χ4n) is 7.82. The number of hydrogen-bond acceptors (Lipinski definition) is 4. The van der Waals surface area contributed by atoms with Gasteiger partial charge in [-0.3, -0.25) is 19.5 Å². The first-order valence-electron chi connectivity index (χ1n) is 12.3. The summed E-state index contributed by atoms with van der Waals surface area (Å²) in [4.78, 5) is 32.0. The van der Waals surface area contributed by atoms with Crippen LogP contribution >= 0.6 is 0 Å². The van der Waals surface area contributed by atoms with E-state index in [2.05, 4.69) is 29.7 Å². The number of allylic oxidation sites excluding steroid dienone is 2. The summed E-state index contributed by atoms with van der Waals surface area (Å²) < 4.78 is 6.11. The summed E-state index contributed by atoms with van der Waals surface area (Å²) in [6.07, 6.45) is 11.9. The number of amides is 2. The summed E-state index contributed by atoms with van der Waals surface area (Å²) in [5.41, 5.74) is 0.266. The highest BCUT2D eigenvalue weighted by Crippen LogP contribution is 2.60. The van der Waals surface area contributed by atoms with Gasteiger partial charge in [-0.25, -0.2) is 0 Å². The molecule has 2 amide bonds. The summed E-state index contributed by atoms with van der Waals surface area (Å²) in [6, 6.07) is 0.413. The molecule has 0 aromatic rings. The van der Waals surface area contributed by atoms with Gasteiger partial charge in [-0.15, -0.1) is 0 Å². The average molecular weight is 427 g/mol. The Morgan fingerprint density at radius 1 is 1.19 bits per heavy atom. The Morgan fingerprint density at radius 3 is 2.58 bits per heavy atom. The molecule has 0 aromatic carbocycles. The maximum absolute atomic E-state index is 12.9. The first-order valence-corrected chi connectivity index (χ1v) is 12.3. The van der Waals surface area contributed by atoms with Crippen LogP contribution in [0.3, 0.4) is 0 Å². The Kier molecular flexibility index (Phi) is 4.67. The van der Waals surface area contributed by atoms with Crippen LogP contribution in [0.5, 0.6) is 0 Å². The number of imide groups is 1. The lowest BCUT2D eigenvalue weighted by atomic mass is 9.54. The molecule has 6 aliphatic rings. The number of nitrogens with one attached hydrogen (secondary N) is 2. The number of fused-ring (bicyclic) bond motifs is 7. The number of aliphatic imine (C=N–C) groups is 1. The highest BCUT2D eigenvalue weighted by molar-refractivity contribution is 6.06. The number of guanidine groups is 1. The monoisotopic (exact) mass is 426 g/mol. The van der Waals surface area contributed by atoms with Gasteiger partial charge in [0.1, 0.15) is 0 Å². The smallest absolute Gasteiger partial charge is 0.233 e. The highest BCUT2D eigenvalue weighted by atomic mass is 16.5. The second-order valence-electron chi connectivity index (χ2n) is 10.4. The van der Waals surface area contributed by atoms with Gasteiger partial charge < -0.3 is 15.4 Å². The maximum atomic E-state index is 12.9. The van der Waals surface area contributed by atoms with Gasteiger partial charge >= 0.3 is 0 Å². The lowest BCUT2D eigenvalue weighted by Crippen LogP contribution is -2.69. The van der Waals surface area contributed by atoms with Crippen LogP contribution in [-0.2, 0) is 14.3 Å². The van der Waals surface area contributed by atoms with E-state index in [1.807, 2.05) is 0 Å². The van der Waals surface area contributed by atoms with Crippen molar-refractivity contribution in [3.8, 4) is 0 Å². The van der Waals surface area contributed by atoms with Crippen molar-refractivity contribution in [2.24, 2.45) is 40.0 Å². The third-order valence-electron chi connectivity index (χ3n) is 9.08. The molecule has 4 aliphatic carbocycles. The number of likely N-dealkylation sites (tertiary alicyclic amines) is 1.